The molecule has 34 heavy (non-hydrogen) atoms. The SMILES string of the molecule is CC(C)C(=O)N1CCc2ccc(O[C@@H](C)C(=O)N(C)Cc3ccco3)cc2[C@@H]1c1ccccc1. The first-order valence-corrected chi connectivity index (χ1v) is 11.8. The minimum absolute atomic E-state index is 0.0884. The quantitative estimate of drug-likeness (QED) is 0.506. The zero-order valence-electron chi connectivity index (χ0n) is 20.2. The molecule has 178 valence electrons. The fourth-order valence-electron chi connectivity index (χ4n) is 4.51. The summed E-state index contributed by atoms with van der Waals surface area (Å²) in [5, 5.41) is 0. The van der Waals surface area contributed by atoms with Crippen molar-refractivity contribution in [3.8, 4) is 5.75 Å². The molecular formula is C28H32N2O4. The molecule has 0 aliphatic carbocycles. The van der Waals surface area contributed by atoms with Gasteiger partial charge in [-0.25, -0.2) is 0 Å². The molecular weight excluding hydrogens is 428 g/mol. The molecule has 2 amide bonds. The van der Waals surface area contributed by atoms with Gasteiger partial charge in [0.15, 0.2) is 6.10 Å². The Kier molecular flexibility index (Phi) is 7.06. The standard InChI is InChI=1S/C28H32N2O4/c1-19(2)27(31)30-15-14-21-12-13-23(17-25(21)26(30)22-9-6-5-7-10-22)34-20(3)28(32)29(4)18-24-11-8-16-33-24/h5-13,16-17,19-20,26H,14-15,18H2,1-4H3/t20-,26-/m0/s1. The predicted octanol–water partition coefficient (Wildman–Crippen LogP) is 4.84. The van der Waals surface area contributed by atoms with E-state index in [9.17, 15) is 9.59 Å². The van der Waals surface area contributed by atoms with Crippen LogP contribution in [0.25, 0.3) is 0 Å². The van der Waals surface area contributed by atoms with E-state index in [2.05, 4.69) is 18.2 Å². The third-order valence-electron chi connectivity index (χ3n) is 6.25. The Balaban J connectivity index is 1.58. The normalized spacial score (nSPS) is 16.1. The van der Waals surface area contributed by atoms with E-state index in [1.54, 1.807) is 31.2 Å². The highest BCUT2D eigenvalue weighted by Crippen LogP contribution is 2.38. The first-order valence-electron chi connectivity index (χ1n) is 11.8. The van der Waals surface area contributed by atoms with E-state index < -0.39 is 6.10 Å². The molecule has 0 N–H and O–H groups in total. The lowest BCUT2D eigenvalue weighted by molar-refractivity contribution is -0.137. The summed E-state index contributed by atoms with van der Waals surface area (Å²) in [6.07, 6.45) is 1.72. The first kappa shape index (κ1) is 23.6. The van der Waals surface area contributed by atoms with Crippen LogP contribution in [0.1, 0.15) is 49.3 Å². The molecule has 0 bridgehead atoms. The second-order valence-electron chi connectivity index (χ2n) is 9.14. The van der Waals surface area contributed by atoms with Crippen LogP contribution in [0.5, 0.6) is 5.75 Å². The van der Waals surface area contributed by atoms with Gasteiger partial charge in [-0.05, 0) is 54.3 Å². The van der Waals surface area contributed by atoms with E-state index in [0.29, 0.717) is 18.8 Å². The molecule has 0 saturated heterocycles. The fraction of sp³-hybridized carbons (Fsp3) is 0.357. The lowest BCUT2D eigenvalue weighted by Gasteiger charge is -2.39. The summed E-state index contributed by atoms with van der Waals surface area (Å²) in [5.41, 5.74) is 3.31. The number of hydrogen-bond donors (Lipinski definition) is 0. The summed E-state index contributed by atoms with van der Waals surface area (Å²) in [4.78, 5) is 29.5. The van der Waals surface area contributed by atoms with E-state index >= 15 is 0 Å². The fourth-order valence-corrected chi connectivity index (χ4v) is 4.51. The van der Waals surface area contributed by atoms with Gasteiger partial charge in [-0.15, -0.1) is 0 Å². The third-order valence-corrected chi connectivity index (χ3v) is 6.25. The number of carbonyl (C=O) groups is 2. The van der Waals surface area contributed by atoms with Crippen molar-refractivity contribution in [2.45, 2.75) is 45.9 Å². The molecule has 2 atom stereocenters. The van der Waals surface area contributed by atoms with Gasteiger partial charge >= 0.3 is 0 Å². The second kappa shape index (κ2) is 10.2. The Hall–Kier alpha value is -3.54. The maximum Gasteiger partial charge on any atom is 0.263 e. The number of furan rings is 1. The molecule has 1 aromatic heterocycles. The highest BCUT2D eigenvalue weighted by atomic mass is 16.5. The molecule has 2 heterocycles. The number of ether oxygens (including phenoxy) is 1. The van der Waals surface area contributed by atoms with Crippen molar-refractivity contribution in [1.29, 1.82) is 0 Å². The summed E-state index contributed by atoms with van der Waals surface area (Å²) in [6.45, 7) is 6.68. The molecule has 3 aromatic rings. The molecule has 0 fully saturated rings. The Labute approximate surface area is 201 Å². The third kappa shape index (κ3) is 5.01. The van der Waals surface area contributed by atoms with Gasteiger partial charge in [-0.2, -0.15) is 0 Å². The second-order valence-corrected chi connectivity index (χ2v) is 9.14. The Morgan fingerprint density at radius 3 is 2.53 bits per heavy atom. The van der Waals surface area contributed by atoms with Gasteiger partial charge in [0.1, 0.15) is 11.5 Å². The smallest absolute Gasteiger partial charge is 0.263 e. The lowest BCUT2D eigenvalue weighted by Crippen LogP contribution is -2.42. The van der Waals surface area contributed by atoms with Crippen LogP contribution >= 0.6 is 0 Å². The number of carbonyl (C=O) groups excluding carboxylic acids is 2. The molecule has 6 nitrogen and oxygen atoms in total. The largest absolute Gasteiger partial charge is 0.481 e. The van der Waals surface area contributed by atoms with Gasteiger partial charge in [-0.3, -0.25) is 9.59 Å². The Morgan fingerprint density at radius 2 is 1.85 bits per heavy atom. The molecule has 1 aliphatic rings. The van der Waals surface area contributed by atoms with E-state index in [-0.39, 0.29) is 23.8 Å². The van der Waals surface area contributed by atoms with Crippen molar-refractivity contribution >= 4 is 11.8 Å². The number of rotatable bonds is 7. The maximum atomic E-state index is 13.1. The van der Waals surface area contributed by atoms with Crippen LogP contribution in [-0.2, 0) is 22.6 Å². The molecule has 0 unspecified atom stereocenters. The number of nitrogens with zero attached hydrogens (tertiary/aromatic N) is 2. The Morgan fingerprint density at radius 1 is 1.09 bits per heavy atom. The molecule has 6 heteroatoms. The molecule has 0 spiro atoms. The lowest BCUT2D eigenvalue weighted by atomic mass is 9.87. The van der Waals surface area contributed by atoms with Crippen LogP contribution in [0.4, 0.5) is 0 Å². The zero-order valence-corrected chi connectivity index (χ0v) is 20.2. The van der Waals surface area contributed by atoms with Gasteiger partial charge in [0.05, 0.1) is 18.8 Å². The summed E-state index contributed by atoms with van der Waals surface area (Å²) in [7, 11) is 1.73. The van der Waals surface area contributed by atoms with Crippen LogP contribution in [0.3, 0.4) is 0 Å². The van der Waals surface area contributed by atoms with Crippen LogP contribution < -0.4 is 4.74 Å². The number of benzene rings is 2. The number of likely N-dealkylation sites (N-methyl/N-ethyl adjacent to an activating group) is 1. The number of amides is 2. The highest BCUT2D eigenvalue weighted by molar-refractivity contribution is 5.81. The van der Waals surface area contributed by atoms with Crippen LogP contribution in [0.15, 0.2) is 71.3 Å². The maximum absolute atomic E-state index is 13.1. The predicted molar refractivity (Wildman–Crippen MR) is 130 cm³/mol. The van der Waals surface area contributed by atoms with E-state index in [1.165, 1.54) is 5.56 Å². The average Bonchev–Trinajstić information content (AvgIpc) is 3.35. The summed E-state index contributed by atoms with van der Waals surface area (Å²) >= 11 is 0. The van der Waals surface area contributed by atoms with Crippen LogP contribution in [0, 0.1) is 5.92 Å². The zero-order chi connectivity index (χ0) is 24.2. The first-order chi connectivity index (χ1) is 16.3. The van der Waals surface area contributed by atoms with Gasteiger partial charge in [0, 0.05) is 19.5 Å². The topological polar surface area (TPSA) is 63.0 Å². The van der Waals surface area contributed by atoms with E-state index in [0.717, 1.165) is 23.3 Å². The monoisotopic (exact) mass is 460 g/mol. The average molecular weight is 461 g/mol. The van der Waals surface area contributed by atoms with Crippen molar-refractivity contribution in [1.82, 2.24) is 9.80 Å². The van der Waals surface area contributed by atoms with Gasteiger partial charge in [0.2, 0.25) is 5.91 Å². The summed E-state index contributed by atoms with van der Waals surface area (Å²) in [5.74, 6) is 1.25. The molecule has 0 saturated carbocycles. The van der Waals surface area contributed by atoms with E-state index in [1.807, 2.05) is 55.1 Å². The van der Waals surface area contributed by atoms with Crippen LogP contribution in [-0.4, -0.2) is 41.3 Å². The summed E-state index contributed by atoms with van der Waals surface area (Å²) < 4.78 is 11.4. The Bertz CT molecular complexity index is 1120. The van der Waals surface area contributed by atoms with Crippen molar-refractivity contribution in [3.05, 3.63) is 89.4 Å². The summed E-state index contributed by atoms with van der Waals surface area (Å²) in [6, 6.07) is 19.5. The van der Waals surface area contributed by atoms with Crippen molar-refractivity contribution < 1.29 is 18.7 Å². The van der Waals surface area contributed by atoms with Gasteiger partial charge in [0.25, 0.3) is 5.91 Å². The van der Waals surface area contributed by atoms with Crippen molar-refractivity contribution in [3.63, 3.8) is 0 Å². The molecule has 2 aromatic carbocycles. The molecule has 4 rings (SSSR count). The van der Waals surface area contributed by atoms with Gasteiger partial charge < -0.3 is 19.0 Å². The molecule has 0 radical (unpaired) electrons. The number of hydrogen-bond acceptors (Lipinski definition) is 4. The van der Waals surface area contributed by atoms with E-state index in [4.69, 9.17) is 9.15 Å². The van der Waals surface area contributed by atoms with Crippen molar-refractivity contribution in [2.75, 3.05) is 13.6 Å². The minimum atomic E-state index is -0.662. The van der Waals surface area contributed by atoms with Gasteiger partial charge in [-0.1, -0.05) is 50.2 Å². The molecule has 1 aliphatic heterocycles. The minimum Gasteiger partial charge on any atom is -0.481 e. The highest BCUT2D eigenvalue weighted by Gasteiger charge is 2.33. The van der Waals surface area contributed by atoms with Crippen molar-refractivity contribution in [2.24, 2.45) is 5.92 Å². The number of fused-ring (bicyclic) bond motifs is 1. The van der Waals surface area contributed by atoms with Crippen LogP contribution in [0.2, 0.25) is 0 Å².